The third-order valence-corrected chi connectivity index (χ3v) is 2.86. The van der Waals surface area contributed by atoms with E-state index in [1.54, 1.807) is 54.6 Å². The molecule has 0 saturated carbocycles. The van der Waals surface area contributed by atoms with Crippen LogP contribution in [0.15, 0.2) is 54.6 Å². The van der Waals surface area contributed by atoms with Crippen molar-refractivity contribution in [3.63, 3.8) is 0 Å². The highest BCUT2D eigenvalue weighted by Crippen LogP contribution is 2.18. The minimum atomic E-state index is -0.538. The second-order valence-corrected chi connectivity index (χ2v) is 4.41. The number of ketones is 1. The van der Waals surface area contributed by atoms with Crippen molar-refractivity contribution in [2.24, 2.45) is 0 Å². The summed E-state index contributed by atoms with van der Waals surface area (Å²) in [7, 11) is 1.49. The molecule has 0 N–H and O–H groups in total. The Bertz CT molecular complexity index is 637. The first-order chi connectivity index (χ1) is 10.7. The van der Waals surface area contributed by atoms with Gasteiger partial charge in [-0.05, 0) is 24.3 Å². The summed E-state index contributed by atoms with van der Waals surface area (Å²) in [6.45, 7) is -0.310. The zero-order valence-electron chi connectivity index (χ0n) is 12.2. The highest BCUT2D eigenvalue weighted by atomic mass is 16.7. The lowest BCUT2D eigenvalue weighted by Crippen LogP contribution is -2.15. The topological polar surface area (TPSA) is 61.8 Å². The van der Waals surface area contributed by atoms with Gasteiger partial charge in [-0.1, -0.05) is 30.3 Å². The van der Waals surface area contributed by atoms with Crippen LogP contribution in [0, 0.1) is 0 Å². The van der Waals surface area contributed by atoms with Crippen molar-refractivity contribution in [2.45, 2.75) is 0 Å². The molecule has 0 heterocycles. The van der Waals surface area contributed by atoms with Gasteiger partial charge in [-0.3, -0.25) is 4.79 Å². The Morgan fingerprint density at radius 2 is 1.64 bits per heavy atom. The van der Waals surface area contributed by atoms with Gasteiger partial charge in [0, 0.05) is 7.11 Å². The van der Waals surface area contributed by atoms with Gasteiger partial charge in [-0.15, -0.1) is 0 Å². The van der Waals surface area contributed by atoms with E-state index < -0.39 is 5.97 Å². The lowest BCUT2D eigenvalue weighted by atomic mass is 10.1. The summed E-state index contributed by atoms with van der Waals surface area (Å²) in [6, 6.07) is 15.2. The summed E-state index contributed by atoms with van der Waals surface area (Å²) < 4.78 is 15.2. The predicted octanol–water partition coefficient (Wildman–Crippen LogP) is 2.71. The first-order valence-corrected chi connectivity index (χ1v) is 6.68. The highest BCUT2D eigenvalue weighted by molar-refractivity contribution is 6.01. The third kappa shape index (κ3) is 4.17. The Balaban J connectivity index is 1.99. The van der Waals surface area contributed by atoms with Gasteiger partial charge in [0.25, 0.3) is 0 Å². The number of benzene rings is 2. The monoisotopic (exact) mass is 300 g/mol. The number of carbonyl (C=O) groups is 2. The molecule has 0 fully saturated rings. The van der Waals surface area contributed by atoms with Gasteiger partial charge < -0.3 is 14.2 Å². The SMILES string of the molecule is COCOc1ccccc1C(=O)COC(=O)c1ccccc1. The Morgan fingerprint density at radius 3 is 2.36 bits per heavy atom. The number of hydrogen-bond acceptors (Lipinski definition) is 5. The smallest absolute Gasteiger partial charge is 0.338 e. The maximum absolute atomic E-state index is 12.2. The van der Waals surface area contributed by atoms with Gasteiger partial charge in [0.05, 0.1) is 11.1 Å². The van der Waals surface area contributed by atoms with Crippen molar-refractivity contribution < 1.29 is 23.8 Å². The van der Waals surface area contributed by atoms with E-state index in [9.17, 15) is 9.59 Å². The quantitative estimate of drug-likeness (QED) is 0.447. The predicted molar refractivity (Wildman–Crippen MR) is 80.0 cm³/mol. The molecule has 0 radical (unpaired) electrons. The molecule has 2 aromatic carbocycles. The number of methoxy groups -OCH3 is 1. The van der Waals surface area contributed by atoms with Gasteiger partial charge >= 0.3 is 5.97 Å². The average molecular weight is 300 g/mol. The van der Waals surface area contributed by atoms with Crippen molar-refractivity contribution in [2.75, 3.05) is 20.5 Å². The Kier molecular flexibility index (Phi) is 5.68. The highest BCUT2D eigenvalue weighted by Gasteiger charge is 2.15. The van der Waals surface area contributed by atoms with Crippen molar-refractivity contribution in [3.05, 3.63) is 65.7 Å². The molecule has 114 valence electrons. The molecule has 22 heavy (non-hydrogen) atoms. The van der Waals surface area contributed by atoms with Crippen LogP contribution in [0.3, 0.4) is 0 Å². The molecular formula is C17H16O5. The number of hydrogen-bond donors (Lipinski definition) is 0. The molecule has 0 aliphatic rings. The number of rotatable bonds is 7. The molecule has 0 aliphatic carbocycles. The average Bonchev–Trinajstić information content (AvgIpc) is 2.58. The molecule has 0 amide bonds. The van der Waals surface area contributed by atoms with Crippen molar-refractivity contribution in [1.82, 2.24) is 0 Å². The largest absolute Gasteiger partial charge is 0.467 e. The Hall–Kier alpha value is -2.66. The number of esters is 1. The minimum absolute atomic E-state index is 0.0358. The molecule has 5 heteroatoms. The second-order valence-electron chi connectivity index (χ2n) is 4.41. The number of carbonyl (C=O) groups excluding carboxylic acids is 2. The molecule has 0 atom stereocenters. The van der Waals surface area contributed by atoms with Crippen LogP contribution in [0.4, 0.5) is 0 Å². The van der Waals surface area contributed by atoms with Crippen molar-refractivity contribution in [1.29, 1.82) is 0 Å². The zero-order valence-corrected chi connectivity index (χ0v) is 12.2. The first-order valence-electron chi connectivity index (χ1n) is 6.68. The number of Topliss-reactive ketones (excluding diaryl/α,β-unsaturated/α-hetero) is 1. The molecule has 5 nitrogen and oxygen atoms in total. The normalized spacial score (nSPS) is 10.0. The number of ether oxygens (including phenoxy) is 3. The molecule has 0 aliphatic heterocycles. The minimum Gasteiger partial charge on any atom is -0.467 e. The van der Waals surface area contributed by atoms with Crippen molar-refractivity contribution >= 4 is 11.8 Å². The summed E-state index contributed by atoms with van der Waals surface area (Å²) in [5, 5.41) is 0. The fourth-order valence-electron chi connectivity index (χ4n) is 1.81. The zero-order chi connectivity index (χ0) is 15.8. The van der Waals surface area contributed by atoms with E-state index in [4.69, 9.17) is 14.2 Å². The molecule has 0 unspecified atom stereocenters. The van der Waals surface area contributed by atoms with E-state index >= 15 is 0 Å². The second kappa shape index (κ2) is 7.95. The summed E-state index contributed by atoms with van der Waals surface area (Å²) >= 11 is 0. The number of para-hydroxylation sites is 1. The standard InChI is InChI=1S/C17H16O5/c1-20-12-22-16-10-6-5-9-14(16)15(18)11-21-17(19)13-7-3-2-4-8-13/h2-10H,11-12H2,1H3. The van der Waals surface area contributed by atoms with Crippen LogP contribution in [0.2, 0.25) is 0 Å². The summed E-state index contributed by atoms with van der Waals surface area (Å²) in [5.74, 6) is -0.481. The maximum Gasteiger partial charge on any atom is 0.338 e. The van der Waals surface area contributed by atoms with Crippen molar-refractivity contribution in [3.8, 4) is 5.75 Å². The van der Waals surface area contributed by atoms with Crippen LogP contribution < -0.4 is 4.74 Å². The van der Waals surface area contributed by atoms with Gasteiger partial charge in [0.15, 0.2) is 13.4 Å². The van der Waals surface area contributed by atoms with E-state index in [1.165, 1.54) is 7.11 Å². The summed E-state index contributed by atoms with van der Waals surface area (Å²) in [6.07, 6.45) is 0. The molecule has 0 bridgehead atoms. The van der Waals surface area contributed by atoms with E-state index in [1.807, 2.05) is 0 Å². The maximum atomic E-state index is 12.2. The van der Waals surface area contributed by atoms with Gasteiger partial charge in [0.1, 0.15) is 5.75 Å². The van der Waals surface area contributed by atoms with Crippen LogP contribution in [0.1, 0.15) is 20.7 Å². The van der Waals surface area contributed by atoms with E-state index in [-0.39, 0.29) is 19.2 Å². The van der Waals surface area contributed by atoms with E-state index in [0.717, 1.165) is 0 Å². The van der Waals surface area contributed by atoms with E-state index in [2.05, 4.69) is 0 Å². The third-order valence-electron chi connectivity index (χ3n) is 2.86. The molecular weight excluding hydrogens is 284 g/mol. The molecule has 2 aromatic rings. The summed E-state index contributed by atoms with van der Waals surface area (Å²) in [5.41, 5.74) is 0.750. The molecule has 0 aromatic heterocycles. The van der Waals surface area contributed by atoms with Crippen LogP contribution >= 0.6 is 0 Å². The Labute approximate surface area is 128 Å². The fourth-order valence-corrected chi connectivity index (χ4v) is 1.81. The fraction of sp³-hybridized carbons (Fsp3) is 0.176. The lowest BCUT2D eigenvalue weighted by Gasteiger charge is -2.10. The van der Waals surface area contributed by atoms with Crippen LogP contribution in [0.25, 0.3) is 0 Å². The Morgan fingerprint density at radius 1 is 0.955 bits per heavy atom. The van der Waals surface area contributed by atoms with Gasteiger partial charge in [0.2, 0.25) is 5.78 Å². The van der Waals surface area contributed by atoms with Crippen LogP contribution in [-0.2, 0) is 9.47 Å². The molecule has 2 rings (SSSR count). The van der Waals surface area contributed by atoms with Gasteiger partial charge in [-0.25, -0.2) is 4.79 Å². The lowest BCUT2D eigenvalue weighted by molar-refractivity contribution is 0.0448. The van der Waals surface area contributed by atoms with Crippen LogP contribution in [-0.4, -0.2) is 32.3 Å². The molecule has 0 spiro atoms. The molecule has 0 saturated heterocycles. The first kappa shape index (κ1) is 15.7. The van der Waals surface area contributed by atoms with E-state index in [0.29, 0.717) is 16.9 Å². The van der Waals surface area contributed by atoms with Gasteiger partial charge in [-0.2, -0.15) is 0 Å². The van der Waals surface area contributed by atoms with Crippen LogP contribution in [0.5, 0.6) is 5.75 Å². The summed E-state index contributed by atoms with van der Waals surface area (Å²) in [4.78, 5) is 24.0.